The SMILES string of the molecule is C=CC(=O)N1CC[C@@H](N2CC(C#Cc3c(-c4ccc(Oc5ccccn5)cc4)c4c(N)ncnc4n3C)C2)[C@@H](O)C1. The standard InChI is InChI=1S/C31H31N7O3/c1-3-27(40)37-15-13-23(25(39)18-37)38-16-20(17-38)7-12-24-28(29-30(32)34-19-35-31(29)36(24)2)21-8-10-22(11-9-21)41-26-6-4-5-14-33-26/h3-6,8-11,14,19-20,23,25,39H,1,13,15-18H2,2H3,(H2,32,34,35)/t23-,25+/m1/s1. The van der Waals surface area contributed by atoms with Gasteiger partial charge in [-0.2, -0.15) is 0 Å². The third kappa shape index (κ3) is 5.13. The van der Waals surface area contributed by atoms with E-state index in [4.69, 9.17) is 10.5 Å². The van der Waals surface area contributed by atoms with Gasteiger partial charge in [-0.3, -0.25) is 9.69 Å². The van der Waals surface area contributed by atoms with Crippen molar-refractivity contribution in [2.45, 2.75) is 18.6 Å². The molecule has 2 aliphatic rings. The molecular weight excluding hydrogens is 518 g/mol. The van der Waals surface area contributed by atoms with Crippen molar-refractivity contribution in [3.63, 3.8) is 0 Å². The molecule has 10 nitrogen and oxygen atoms in total. The number of aryl methyl sites for hydroxylation is 1. The van der Waals surface area contributed by atoms with Crippen LogP contribution < -0.4 is 10.5 Å². The van der Waals surface area contributed by atoms with E-state index in [-0.39, 0.29) is 17.9 Å². The number of hydrogen-bond acceptors (Lipinski definition) is 8. The second-order valence-corrected chi connectivity index (χ2v) is 10.4. The average molecular weight is 550 g/mol. The lowest BCUT2D eigenvalue weighted by Gasteiger charge is -2.47. The van der Waals surface area contributed by atoms with E-state index in [1.165, 1.54) is 12.4 Å². The largest absolute Gasteiger partial charge is 0.439 e. The van der Waals surface area contributed by atoms with Crippen molar-refractivity contribution in [1.82, 2.24) is 29.3 Å². The third-order valence-electron chi connectivity index (χ3n) is 7.81. The summed E-state index contributed by atoms with van der Waals surface area (Å²) < 4.78 is 7.83. The number of aromatic nitrogens is 4. The van der Waals surface area contributed by atoms with Crippen LogP contribution in [0.5, 0.6) is 11.6 Å². The smallest absolute Gasteiger partial charge is 0.246 e. The first-order valence-electron chi connectivity index (χ1n) is 13.6. The molecule has 2 fully saturated rings. The molecule has 3 N–H and O–H groups in total. The van der Waals surface area contributed by atoms with Crippen LogP contribution in [0.2, 0.25) is 0 Å². The summed E-state index contributed by atoms with van der Waals surface area (Å²) >= 11 is 0. The summed E-state index contributed by atoms with van der Waals surface area (Å²) in [5.74, 6) is 8.46. The zero-order valence-corrected chi connectivity index (χ0v) is 22.8. The number of carbonyl (C=O) groups excluding carboxylic acids is 1. The van der Waals surface area contributed by atoms with Crippen molar-refractivity contribution in [3.8, 4) is 34.6 Å². The zero-order valence-electron chi connectivity index (χ0n) is 22.8. The number of aliphatic hydroxyl groups is 1. The van der Waals surface area contributed by atoms with E-state index in [9.17, 15) is 9.90 Å². The number of amides is 1. The molecule has 0 saturated carbocycles. The summed E-state index contributed by atoms with van der Waals surface area (Å²) in [6, 6.07) is 13.3. The van der Waals surface area contributed by atoms with E-state index in [1.54, 1.807) is 17.2 Å². The van der Waals surface area contributed by atoms with Gasteiger partial charge < -0.3 is 25.0 Å². The van der Waals surface area contributed by atoms with Gasteiger partial charge in [0.15, 0.2) is 0 Å². The van der Waals surface area contributed by atoms with Crippen LogP contribution in [0, 0.1) is 17.8 Å². The van der Waals surface area contributed by atoms with Crippen LogP contribution in [-0.4, -0.2) is 78.7 Å². The van der Waals surface area contributed by atoms with Crippen LogP contribution >= 0.6 is 0 Å². The van der Waals surface area contributed by atoms with Crippen LogP contribution in [-0.2, 0) is 11.8 Å². The molecule has 5 heterocycles. The number of anilines is 1. The Morgan fingerprint density at radius 1 is 1.15 bits per heavy atom. The first kappa shape index (κ1) is 26.5. The normalized spacial score (nSPS) is 19.3. The summed E-state index contributed by atoms with van der Waals surface area (Å²) in [6.07, 6.45) is 4.59. The first-order chi connectivity index (χ1) is 19.9. The van der Waals surface area contributed by atoms with Crippen LogP contribution in [0.4, 0.5) is 5.82 Å². The topological polar surface area (TPSA) is 123 Å². The highest BCUT2D eigenvalue weighted by Crippen LogP contribution is 2.37. The maximum Gasteiger partial charge on any atom is 0.246 e. The van der Waals surface area contributed by atoms with Crippen molar-refractivity contribution in [1.29, 1.82) is 0 Å². The van der Waals surface area contributed by atoms with Gasteiger partial charge in [-0.25, -0.2) is 15.0 Å². The summed E-state index contributed by atoms with van der Waals surface area (Å²) in [6.45, 7) is 6.03. The predicted molar refractivity (Wildman–Crippen MR) is 156 cm³/mol. The number of rotatable bonds is 5. The lowest BCUT2D eigenvalue weighted by molar-refractivity contribution is -0.132. The van der Waals surface area contributed by atoms with Gasteiger partial charge in [0.2, 0.25) is 11.8 Å². The summed E-state index contributed by atoms with van der Waals surface area (Å²) in [4.78, 5) is 28.8. The number of likely N-dealkylation sites (tertiary alicyclic amines) is 2. The highest BCUT2D eigenvalue weighted by molar-refractivity contribution is 6.03. The van der Waals surface area contributed by atoms with E-state index in [0.29, 0.717) is 36.2 Å². The molecule has 0 aliphatic carbocycles. The van der Waals surface area contributed by atoms with Gasteiger partial charge in [-0.1, -0.05) is 30.7 Å². The number of nitrogens with two attached hydrogens (primary N) is 1. The molecule has 6 rings (SSSR count). The number of nitrogens with zero attached hydrogens (tertiary/aromatic N) is 6. The molecule has 0 unspecified atom stereocenters. The third-order valence-corrected chi connectivity index (χ3v) is 7.81. The second-order valence-electron chi connectivity index (χ2n) is 10.4. The Morgan fingerprint density at radius 2 is 1.95 bits per heavy atom. The fraction of sp³-hybridized carbons (Fsp3) is 0.290. The quantitative estimate of drug-likeness (QED) is 0.288. The summed E-state index contributed by atoms with van der Waals surface area (Å²) in [5, 5.41) is 11.4. The minimum Gasteiger partial charge on any atom is -0.439 e. The Balaban J connectivity index is 1.23. The van der Waals surface area contributed by atoms with Crippen molar-refractivity contribution < 1.29 is 14.6 Å². The van der Waals surface area contributed by atoms with Crippen LogP contribution in [0.25, 0.3) is 22.2 Å². The molecule has 0 bridgehead atoms. The van der Waals surface area contributed by atoms with Gasteiger partial charge in [0.05, 0.1) is 11.5 Å². The summed E-state index contributed by atoms with van der Waals surface area (Å²) in [5.41, 5.74) is 9.67. The van der Waals surface area contributed by atoms with Gasteiger partial charge in [-0.15, -0.1) is 0 Å². The Labute approximate surface area is 238 Å². The number of carbonyl (C=O) groups is 1. The highest BCUT2D eigenvalue weighted by Gasteiger charge is 2.38. The van der Waals surface area contributed by atoms with Crippen molar-refractivity contribution >= 4 is 22.8 Å². The molecule has 10 heteroatoms. The molecule has 2 atom stereocenters. The Kier molecular flexibility index (Phi) is 7.14. The van der Waals surface area contributed by atoms with E-state index < -0.39 is 6.10 Å². The number of hydrogen-bond donors (Lipinski definition) is 2. The molecule has 2 aliphatic heterocycles. The average Bonchev–Trinajstić information content (AvgIpc) is 3.25. The molecule has 1 aromatic carbocycles. The van der Waals surface area contributed by atoms with Crippen LogP contribution in [0.1, 0.15) is 12.1 Å². The van der Waals surface area contributed by atoms with Gasteiger partial charge in [0.25, 0.3) is 0 Å². The van der Waals surface area contributed by atoms with Gasteiger partial charge in [0, 0.05) is 63.0 Å². The Bertz CT molecular complexity index is 1650. The number of benzene rings is 1. The predicted octanol–water partition coefficient (Wildman–Crippen LogP) is 2.84. The molecule has 0 spiro atoms. The number of fused-ring (bicyclic) bond motifs is 1. The first-order valence-corrected chi connectivity index (χ1v) is 13.6. The molecule has 0 radical (unpaired) electrons. The van der Waals surface area contributed by atoms with Crippen LogP contribution in [0.15, 0.2) is 67.6 Å². The lowest BCUT2D eigenvalue weighted by atomic mass is 9.91. The molecule has 41 heavy (non-hydrogen) atoms. The highest BCUT2D eigenvalue weighted by atomic mass is 16.5. The molecular formula is C31H31N7O3. The maximum absolute atomic E-state index is 11.9. The minimum absolute atomic E-state index is 0.0250. The minimum atomic E-state index is -0.586. The second kappa shape index (κ2) is 11.0. The summed E-state index contributed by atoms with van der Waals surface area (Å²) in [7, 11) is 1.93. The van der Waals surface area contributed by atoms with Gasteiger partial charge in [0.1, 0.15) is 29.2 Å². The lowest BCUT2D eigenvalue weighted by Crippen LogP contribution is -2.61. The number of ether oxygens (including phenoxy) is 1. The zero-order chi connectivity index (χ0) is 28.5. The van der Waals surface area contributed by atoms with E-state index in [1.807, 2.05) is 48.0 Å². The van der Waals surface area contributed by atoms with Crippen LogP contribution in [0.3, 0.4) is 0 Å². The molecule has 2 saturated heterocycles. The number of nitrogen functional groups attached to an aromatic ring is 1. The molecule has 1 amide bonds. The number of pyridine rings is 1. The molecule has 3 aromatic heterocycles. The van der Waals surface area contributed by atoms with Crippen molar-refractivity contribution in [3.05, 3.63) is 73.3 Å². The maximum atomic E-state index is 11.9. The fourth-order valence-electron chi connectivity index (χ4n) is 5.64. The Hall–Kier alpha value is -4.72. The fourth-order valence-corrected chi connectivity index (χ4v) is 5.64. The number of piperidine rings is 1. The molecule has 208 valence electrons. The monoisotopic (exact) mass is 549 g/mol. The molecule has 4 aromatic rings. The van der Waals surface area contributed by atoms with Crippen molar-refractivity contribution in [2.75, 3.05) is 31.9 Å². The number of β-amino-alcohol motifs (C(OH)–C–C–N with tert-alkyl or cyclic N) is 1. The Morgan fingerprint density at radius 3 is 2.66 bits per heavy atom. The van der Waals surface area contributed by atoms with E-state index in [0.717, 1.165) is 41.7 Å². The van der Waals surface area contributed by atoms with Gasteiger partial charge >= 0.3 is 0 Å². The van der Waals surface area contributed by atoms with Crippen molar-refractivity contribution in [2.24, 2.45) is 13.0 Å². The number of aliphatic hydroxyl groups excluding tert-OH is 1. The van der Waals surface area contributed by atoms with E-state index >= 15 is 0 Å². The van der Waals surface area contributed by atoms with E-state index in [2.05, 4.69) is 38.3 Å². The van der Waals surface area contributed by atoms with Gasteiger partial charge in [-0.05, 0) is 42.2 Å².